The number of hydrogen-bond donors (Lipinski definition) is 3. The summed E-state index contributed by atoms with van der Waals surface area (Å²) >= 11 is 0. The Labute approximate surface area is 87.6 Å². The lowest BCUT2D eigenvalue weighted by molar-refractivity contribution is -0.142. The van der Waals surface area contributed by atoms with Crippen molar-refractivity contribution in [3.63, 3.8) is 0 Å². The van der Waals surface area contributed by atoms with Gasteiger partial charge in [0, 0.05) is 12.1 Å². The smallest absolute Gasteiger partial charge is 0.329 e. The number of phenolic OH excluding ortho intramolecular Hbond substituents is 1. The van der Waals surface area contributed by atoms with E-state index in [1.54, 1.807) is 18.2 Å². The van der Waals surface area contributed by atoms with Crippen molar-refractivity contribution in [1.29, 1.82) is 0 Å². The highest BCUT2D eigenvalue weighted by Crippen LogP contribution is 2.36. The molecule has 4 nitrogen and oxygen atoms in total. The van der Waals surface area contributed by atoms with Crippen LogP contribution in [0.2, 0.25) is 0 Å². The summed E-state index contributed by atoms with van der Waals surface area (Å²) in [6.45, 7) is 1.84. The molecule has 1 atom stereocenters. The van der Waals surface area contributed by atoms with Gasteiger partial charge in [-0.1, -0.05) is 6.92 Å². The molecule has 0 saturated carbocycles. The molecule has 0 fully saturated rings. The summed E-state index contributed by atoms with van der Waals surface area (Å²) < 4.78 is 0. The van der Waals surface area contributed by atoms with Crippen LogP contribution in [0.4, 0.5) is 5.69 Å². The normalized spacial score (nSPS) is 23.3. The summed E-state index contributed by atoms with van der Waals surface area (Å²) in [4.78, 5) is 11.2. The Hall–Kier alpha value is -1.71. The maximum atomic E-state index is 11.2. The van der Waals surface area contributed by atoms with Gasteiger partial charge in [0.2, 0.25) is 0 Å². The third-order valence-corrected chi connectivity index (χ3v) is 2.97. The Bertz CT molecular complexity index is 416. The molecule has 15 heavy (non-hydrogen) atoms. The van der Waals surface area contributed by atoms with Crippen molar-refractivity contribution in [3.05, 3.63) is 23.8 Å². The molecule has 0 spiro atoms. The molecular formula is C11H13NO3. The lowest BCUT2D eigenvalue weighted by atomic mass is 9.92. The predicted molar refractivity (Wildman–Crippen MR) is 56.1 cm³/mol. The molecule has 4 heteroatoms. The van der Waals surface area contributed by atoms with Gasteiger partial charge in [-0.15, -0.1) is 0 Å². The van der Waals surface area contributed by atoms with Crippen LogP contribution in [0.1, 0.15) is 18.9 Å². The third-order valence-electron chi connectivity index (χ3n) is 2.97. The first-order chi connectivity index (χ1) is 7.07. The largest absolute Gasteiger partial charge is 0.508 e. The van der Waals surface area contributed by atoms with E-state index in [9.17, 15) is 15.0 Å². The molecule has 0 amide bonds. The van der Waals surface area contributed by atoms with Crippen LogP contribution in [0, 0.1) is 0 Å². The Kier molecular flexibility index (Phi) is 2.07. The highest BCUT2D eigenvalue weighted by molar-refractivity contribution is 5.86. The number of carboxylic acid groups (broad SMARTS) is 1. The van der Waals surface area contributed by atoms with Gasteiger partial charge in [0.15, 0.2) is 0 Å². The first-order valence-corrected chi connectivity index (χ1v) is 4.91. The molecule has 0 aliphatic carbocycles. The van der Waals surface area contributed by atoms with E-state index in [-0.39, 0.29) is 5.75 Å². The van der Waals surface area contributed by atoms with Crippen molar-refractivity contribution >= 4 is 11.7 Å². The predicted octanol–water partition coefficient (Wildman–Crippen LogP) is 1.59. The highest BCUT2D eigenvalue weighted by atomic mass is 16.4. The van der Waals surface area contributed by atoms with Crippen LogP contribution in [0.25, 0.3) is 0 Å². The number of anilines is 1. The van der Waals surface area contributed by atoms with E-state index in [4.69, 9.17) is 0 Å². The summed E-state index contributed by atoms with van der Waals surface area (Å²) in [5, 5.41) is 21.5. The fourth-order valence-corrected chi connectivity index (χ4v) is 1.97. The van der Waals surface area contributed by atoms with Gasteiger partial charge in [-0.3, -0.25) is 0 Å². The summed E-state index contributed by atoms with van der Waals surface area (Å²) in [7, 11) is 0. The number of carbonyl (C=O) groups is 1. The van der Waals surface area contributed by atoms with Crippen LogP contribution in [0.5, 0.6) is 5.75 Å². The molecule has 0 aromatic heterocycles. The van der Waals surface area contributed by atoms with E-state index in [2.05, 4.69) is 5.32 Å². The molecule has 0 saturated heterocycles. The van der Waals surface area contributed by atoms with E-state index in [0.29, 0.717) is 12.8 Å². The SMILES string of the molecule is CCC1(C(=O)O)Cc2cc(O)ccc2N1. The van der Waals surface area contributed by atoms with E-state index in [0.717, 1.165) is 11.3 Å². The number of carboxylic acids is 1. The zero-order valence-electron chi connectivity index (χ0n) is 8.45. The van der Waals surface area contributed by atoms with Crippen molar-refractivity contribution in [3.8, 4) is 5.75 Å². The average molecular weight is 207 g/mol. The zero-order valence-corrected chi connectivity index (χ0v) is 8.45. The van der Waals surface area contributed by atoms with Crippen LogP contribution in [-0.2, 0) is 11.2 Å². The minimum absolute atomic E-state index is 0.174. The molecule has 0 radical (unpaired) electrons. The maximum Gasteiger partial charge on any atom is 0.329 e. The molecule has 1 heterocycles. The lowest BCUT2D eigenvalue weighted by Crippen LogP contribution is -2.44. The van der Waals surface area contributed by atoms with Crippen molar-refractivity contribution in [1.82, 2.24) is 0 Å². The van der Waals surface area contributed by atoms with E-state index >= 15 is 0 Å². The van der Waals surface area contributed by atoms with E-state index in [1.165, 1.54) is 0 Å². The van der Waals surface area contributed by atoms with Gasteiger partial charge in [0.1, 0.15) is 11.3 Å². The Morgan fingerprint density at radius 1 is 1.60 bits per heavy atom. The Balaban J connectivity index is 2.39. The van der Waals surface area contributed by atoms with Crippen LogP contribution >= 0.6 is 0 Å². The van der Waals surface area contributed by atoms with Gasteiger partial charge in [0.05, 0.1) is 0 Å². The number of nitrogens with one attached hydrogen (secondary N) is 1. The fourth-order valence-electron chi connectivity index (χ4n) is 1.97. The van der Waals surface area contributed by atoms with Crippen molar-refractivity contribution < 1.29 is 15.0 Å². The van der Waals surface area contributed by atoms with E-state index < -0.39 is 11.5 Å². The second kappa shape index (κ2) is 3.15. The number of phenols is 1. The average Bonchev–Trinajstić information content (AvgIpc) is 2.56. The van der Waals surface area contributed by atoms with Crippen LogP contribution < -0.4 is 5.32 Å². The van der Waals surface area contributed by atoms with Crippen molar-refractivity contribution in [2.24, 2.45) is 0 Å². The summed E-state index contributed by atoms with van der Waals surface area (Å²) in [6.07, 6.45) is 0.931. The standard InChI is InChI=1S/C11H13NO3/c1-2-11(10(14)15)6-7-5-8(13)3-4-9(7)12-11/h3-5,12-13H,2,6H2,1H3,(H,14,15). The first kappa shape index (κ1) is 9.83. The molecule has 1 aromatic carbocycles. The summed E-state index contributed by atoms with van der Waals surface area (Å²) in [5.41, 5.74) is 0.757. The fraction of sp³-hybridized carbons (Fsp3) is 0.364. The van der Waals surface area contributed by atoms with E-state index in [1.807, 2.05) is 6.92 Å². The molecule has 3 N–H and O–H groups in total. The van der Waals surface area contributed by atoms with Crippen LogP contribution in [0.15, 0.2) is 18.2 Å². The second-order valence-electron chi connectivity index (χ2n) is 3.88. The maximum absolute atomic E-state index is 11.2. The molecular weight excluding hydrogens is 194 g/mol. The molecule has 1 aliphatic heterocycles. The van der Waals surface area contributed by atoms with Gasteiger partial charge in [-0.25, -0.2) is 4.79 Å². The monoisotopic (exact) mass is 207 g/mol. The van der Waals surface area contributed by atoms with Gasteiger partial charge < -0.3 is 15.5 Å². The number of aromatic hydroxyl groups is 1. The van der Waals surface area contributed by atoms with Crippen molar-refractivity contribution in [2.75, 3.05) is 5.32 Å². The number of rotatable bonds is 2. The molecule has 1 unspecified atom stereocenters. The zero-order chi connectivity index (χ0) is 11.1. The van der Waals surface area contributed by atoms with Crippen LogP contribution in [0.3, 0.4) is 0 Å². The van der Waals surface area contributed by atoms with Gasteiger partial charge in [-0.05, 0) is 30.2 Å². The number of hydrogen-bond acceptors (Lipinski definition) is 3. The Morgan fingerprint density at radius 3 is 2.93 bits per heavy atom. The topological polar surface area (TPSA) is 69.6 Å². The highest BCUT2D eigenvalue weighted by Gasteiger charge is 2.42. The summed E-state index contributed by atoms with van der Waals surface area (Å²) in [5.74, 6) is -0.673. The third kappa shape index (κ3) is 1.42. The van der Waals surface area contributed by atoms with Gasteiger partial charge in [0.25, 0.3) is 0 Å². The lowest BCUT2D eigenvalue weighted by Gasteiger charge is -2.23. The molecule has 0 bridgehead atoms. The minimum Gasteiger partial charge on any atom is -0.508 e. The number of aliphatic carboxylic acids is 1. The van der Waals surface area contributed by atoms with Crippen LogP contribution in [-0.4, -0.2) is 21.7 Å². The number of fused-ring (bicyclic) bond motifs is 1. The molecule has 1 aliphatic rings. The number of benzene rings is 1. The Morgan fingerprint density at radius 2 is 2.33 bits per heavy atom. The molecule has 2 rings (SSSR count). The molecule has 80 valence electrons. The van der Waals surface area contributed by atoms with Gasteiger partial charge in [-0.2, -0.15) is 0 Å². The minimum atomic E-state index is -0.907. The quantitative estimate of drug-likeness (QED) is 0.644. The summed E-state index contributed by atoms with van der Waals surface area (Å²) in [6, 6.07) is 4.88. The second-order valence-corrected chi connectivity index (χ2v) is 3.88. The van der Waals surface area contributed by atoms with Crippen molar-refractivity contribution in [2.45, 2.75) is 25.3 Å². The van der Waals surface area contributed by atoms with Gasteiger partial charge >= 0.3 is 5.97 Å². The first-order valence-electron chi connectivity index (χ1n) is 4.91. The molecule has 1 aromatic rings.